The molecule has 0 aliphatic heterocycles. The number of rotatable bonds is 7. The van der Waals surface area contributed by atoms with E-state index in [1.54, 1.807) is 23.3 Å². The van der Waals surface area contributed by atoms with Gasteiger partial charge in [0, 0.05) is 47.9 Å². The summed E-state index contributed by atoms with van der Waals surface area (Å²) in [6, 6.07) is 13.8. The minimum absolute atomic E-state index is 0.0558. The smallest absolute Gasteiger partial charge is 0.323 e. The number of ether oxygens (including phenoxy) is 1. The van der Waals surface area contributed by atoms with Crippen LogP contribution in [0.1, 0.15) is 20.8 Å². The fourth-order valence-electron chi connectivity index (χ4n) is 4.05. The summed E-state index contributed by atoms with van der Waals surface area (Å²) in [7, 11) is -3.53. The van der Waals surface area contributed by atoms with E-state index >= 15 is 0 Å². The fraction of sp³-hybridized carbons (Fsp3) is 0.172. The zero-order valence-corrected chi connectivity index (χ0v) is 24.0. The Labute approximate surface area is 241 Å². The predicted octanol–water partition coefficient (Wildman–Crippen LogP) is 6.20. The Morgan fingerprint density at radius 3 is 2.43 bits per heavy atom. The van der Waals surface area contributed by atoms with Gasteiger partial charge in [-0.2, -0.15) is 5.10 Å². The minimum Gasteiger partial charge on any atom is -0.457 e. The third kappa shape index (κ3) is 6.81. The van der Waals surface area contributed by atoms with Crippen LogP contribution in [0.25, 0.3) is 22.0 Å². The van der Waals surface area contributed by atoms with Gasteiger partial charge < -0.3 is 15.4 Å². The number of carbonyl (C=O) groups excluding carboxylic acids is 1. The molecule has 0 aliphatic rings. The first-order valence-corrected chi connectivity index (χ1v) is 14.7. The normalized spacial score (nSPS) is 11.7. The number of amides is 2. The number of carbonyl (C=O) groups is 1. The van der Waals surface area contributed by atoms with Gasteiger partial charge in [0.1, 0.15) is 28.8 Å². The minimum atomic E-state index is -3.53. The number of aromatic nitrogens is 4. The summed E-state index contributed by atoms with van der Waals surface area (Å²) in [5.74, 6) is -0.308. The Balaban J connectivity index is 1.33. The number of halogens is 1. The van der Waals surface area contributed by atoms with E-state index < -0.39 is 21.9 Å². The van der Waals surface area contributed by atoms with Gasteiger partial charge in [0.2, 0.25) is 10.0 Å². The highest BCUT2D eigenvalue weighted by Gasteiger charge is 2.21. The second kappa shape index (κ2) is 11.1. The molecule has 0 saturated heterocycles. The summed E-state index contributed by atoms with van der Waals surface area (Å²) in [6.45, 7) is 5.98. The van der Waals surface area contributed by atoms with Crippen LogP contribution >= 0.6 is 0 Å². The molecule has 42 heavy (non-hydrogen) atoms. The molecule has 216 valence electrons. The molecule has 3 heterocycles. The van der Waals surface area contributed by atoms with Gasteiger partial charge in [0.05, 0.1) is 23.2 Å². The Hall–Kier alpha value is -5.04. The number of pyridine rings is 2. The van der Waals surface area contributed by atoms with Crippen molar-refractivity contribution in [3.8, 4) is 22.8 Å². The SMILES string of the molecule is CC(C)(C)n1cc(NC(=O)Nc2ccc(Oc3ccnc(NS(C)(=O)=O)c3)cc2F)c(-c2ccc3cnccc3c2)n1. The number of urea groups is 1. The topological polar surface area (TPSA) is 140 Å². The molecule has 0 spiro atoms. The summed E-state index contributed by atoms with van der Waals surface area (Å²) in [4.78, 5) is 21.0. The van der Waals surface area contributed by atoms with Gasteiger partial charge in [-0.3, -0.25) is 14.4 Å². The quantitative estimate of drug-likeness (QED) is 0.205. The van der Waals surface area contributed by atoms with Crippen molar-refractivity contribution in [2.24, 2.45) is 0 Å². The number of nitrogens with one attached hydrogen (secondary N) is 3. The molecule has 2 aromatic carbocycles. The van der Waals surface area contributed by atoms with E-state index in [0.717, 1.165) is 28.7 Å². The number of benzene rings is 2. The van der Waals surface area contributed by atoms with Crippen LogP contribution in [0.5, 0.6) is 11.5 Å². The van der Waals surface area contributed by atoms with Crippen LogP contribution in [0.2, 0.25) is 0 Å². The lowest BCUT2D eigenvalue weighted by Crippen LogP contribution is -2.22. The summed E-state index contributed by atoms with van der Waals surface area (Å²) in [5.41, 5.74) is 1.38. The van der Waals surface area contributed by atoms with Gasteiger partial charge in [-0.15, -0.1) is 0 Å². The number of nitrogens with zero attached hydrogens (tertiary/aromatic N) is 4. The zero-order valence-electron chi connectivity index (χ0n) is 23.2. The average molecular weight is 590 g/mol. The van der Waals surface area contributed by atoms with Crippen molar-refractivity contribution >= 4 is 44.0 Å². The van der Waals surface area contributed by atoms with E-state index in [4.69, 9.17) is 9.84 Å². The van der Waals surface area contributed by atoms with E-state index in [2.05, 4.69) is 25.3 Å². The maximum absolute atomic E-state index is 15.0. The Morgan fingerprint density at radius 2 is 1.69 bits per heavy atom. The van der Waals surface area contributed by atoms with E-state index in [-0.39, 0.29) is 28.5 Å². The summed E-state index contributed by atoms with van der Waals surface area (Å²) in [6.07, 6.45) is 7.57. The lowest BCUT2D eigenvalue weighted by Gasteiger charge is -2.18. The number of fused-ring (bicyclic) bond motifs is 1. The van der Waals surface area contributed by atoms with Crippen molar-refractivity contribution < 1.29 is 22.3 Å². The van der Waals surface area contributed by atoms with E-state index in [0.29, 0.717) is 11.4 Å². The Kier molecular flexibility index (Phi) is 7.52. The lowest BCUT2D eigenvalue weighted by molar-refractivity contribution is 0.262. The van der Waals surface area contributed by atoms with Crippen LogP contribution in [0.3, 0.4) is 0 Å². The van der Waals surface area contributed by atoms with Crippen molar-refractivity contribution in [2.75, 3.05) is 21.6 Å². The summed E-state index contributed by atoms with van der Waals surface area (Å²) in [5, 5.41) is 12.0. The van der Waals surface area contributed by atoms with Crippen molar-refractivity contribution in [1.82, 2.24) is 19.7 Å². The van der Waals surface area contributed by atoms with Gasteiger partial charge in [0.25, 0.3) is 0 Å². The molecule has 0 bridgehead atoms. The standard InChI is InChI=1S/C29H28FN7O4S/c1-29(2,3)37-17-25(27(35-37)19-5-6-20-16-31-11-9-18(20)13-19)34-28(38)33-24-8-7-21(14-23(24)30)41-22-10-12-32-26(15-22)36-42(4,39)40/h5-17H,1-4H3,(H,32,36)(H2,33,34,38). The molecule has 3 N–H and O–H groups in total. The molecule has 5 rings (SSSR count). The second-order valence-electron chi connectivity index (χ2n) is 10.5. The maximum atomic E-state index is 15.0. The molecule has 3 aromatic heterocycles. The maximum Gasteiger partial charge on any atom is 0.323 e. The molecular formula is C29H28FN7O4S. The molecule has 13 heteroatoms. The average Bonchev–Trinajstić information content (AvgIpc) is 3.33. The van der Waals surface area contributed by atoms with Crippen molar-refractivity contribution in [3.63, 3.8) is 0 Å². The van der Waals surface area contributed by atoms with Crippen molar-refractivity contribution in [3.05, 3.63) is 85.2 Å². The van der Waals surface area contributed by atoms with Crippen LogP contribution < -0.4 is 20.1 Å². The molecule has 0 unspecified atom stereocenters. The highest BCUT2D eigenvalue weighted by atomic mass is 32.2. The molecule has 0 atom stereocenters. The third-order valence-corrected chi connectivity index (χ3v) is 6.59. The van der Waals surface area contributed by atoms with Crippen LogP contribution in [0, 0.1) is 5.82 Å². The third-order valence-electron chi connectivity index (χ3n) is 6.01. The first-order valence-electron chi connectivity index (χ1n) is 12.8. The predicted molar refractivity (Wildman–Crippen MR) is 160 cm³/mol. The summed E-state index contributed by atoms with van der Waals surface area (Å²) >= 11 is 0. The second-order valence-corrected chi connectivity index (χ2v) is 12.3. The summed E-state index contributed by atoms with van der Waals surface area (Å²) < 4.78 is 47.5. The van der Waals surface area contributed by atoms with Crippen LogP contribution in [-0.2, 0) is 15.6 Å². The van der Waals surface area contributed by atoms with Crippen LogP contribution in [-0.4, -0.2) is 40.5 Å². The largest absolute Gasteiger partial charge is 0.457 e. The highest BCUT2D eigenvalue weighted by molar-refractivity contribution is 7.92. The van der Waals surface area contributed by atoms with Crippen molar-refractivity contribution in [2.45, 2.75) is 26.3 Å². The molecule has 5 aromatic rings. The highest BCUT2D eigenvalue weighted by Crippen LogP contribution is 2.32. The first-order chi connectivity index (χ1) is 19.8. The van der Waals surface area contributed by atoms with Gasteiger partial charge in [-0.1, -0.05) is 12.1 Å². The van der Waals surface area contributed by atoms with Crippen molar-refractivity contribution in [1.29, 1.82) is 0 Å². The Morgan fingerprint density at radius 1 is 0.929 bits per heavy atom. The van der Waals surface area contributed by atoms with Gasteiger partial charge >= 0.3 is 6.03 Å². The molecular weight excluding hydrogens is 561 g/mol. The van der Waals surface area contributed by atoms with E-state index in [1.807, 2.05) is 45.0 Å². The van der Waals surface area contributed by atoms with E-state index in [9.17, 15) is 17.6 Å². The first kappa shape index (κ1) is 28.5. The molecule has 0 fully saturated rings. The number of hydrogen-bond acceptors (Lipinski definition) is 7. The monoisotopic (exact) mass is 589 g/mol. The Bertz CT molecular complexity index is 1900. The van der Waals surface area contributed by atoms with Gasteiger partial charge in [-0.25, -0.2) is 22.6 Å². The molecule has 2 amide bonds. The van der Waals surface area contributed by atoms with Gasteiger partial charge in [0.15, 0.2) is 0 Å². The van der Waals surface area contributed by atoms with Crippen LogP contribution in [0.15, 0.2) is 79.4 Å². The lowest BCUT2D eigenvalue weighted by atomic mass is 10.1. The number of hydrogen-bond donors (Lipinski definition) is 3. The van der Waals surface area contributed by atoms with Crippen LogP contribution in [0.4, 0.5) is 26.4 Å². The molecule has 11 nitrogen and oxygen atoms in total. The molecule has 0 radical (unpaired) electrons. The zero-order chi connectivity index (χ0) is 30.1. The number of anilines is 3. The molecule has 0 aliphatic carbocycles. The van der Waals surface area contributed by atoms with Gasteiger partial charge in [-0.05, 0) is 56.5 Å². The molecule has 0 saturated carbocycles. The van der Waals surface area contributed by atoms with E-state index in [1.165, 1.54) is 30.5 Å². The number of sulfonamides is 1. The fourth-order valence-corrected chi connectivity index (χ4v) is 4.54.